The Bertz CT molecular complexity index is 174. The highest BCUT2D eigenvalue weighted by atomic mass is 16.1. The van der Waals surface area contributed by atoms with Crippen molar-refractivity contribution in [1.82, 2.24) is 4.90 Å². The van der Waals surface area contributed by atoms with Gasteiger partial charge in [0.25, 0.3) is 0 Å². The third-order valence-corrected chi connectivity index (χ3v) is 3.29. The lowest BCUT2D eigenvalue weighted by atomic mass is 9.85. The molecule has 0 aromatic rings. The Hall–Kier alpha value is -0.570. The maximum absolute atomic E-state index is 10.9. The van der Waals surface area contributed by atoms with E-state index < -0.39 is 0 Å². The number of hydrogen-bond acceptors (Lipinski definition) is 2. The molecule has 1 aliphatic rings. The monoisotopic (exact) mass is 198 g/mol. The average Bonchev–Trinajstić information content (AvgIpc) is 2.19. The molecule has 2 N–H and O–H groups in total. The first-order chi connectivity index (χ1) is 6.69. The van der Waals surface area contributed by atoms with Gasteiger partial charge in [-0.1, -0.05) is 0 Å². The Morgan fingerprint density at radius 2 is 1.93 bits per heavy atom. The van der Waals surface area contributed by atoms with Crippen LogP contribution in [0.3, 0.4) is 0 Å². The summed E-state index contributed by atoms with van der Waals surface area (Å²) in [7, 11) is 0. The summed E-state index contributed by atoms with van der Waals surface area (Å²) < 4.78 is 0. The normalized spacial score (nSPS) is 27.7. The van der Waals surface area contributed by atoms with Crippen molar-refractivity contribution in [2.75, 3.05) is 6.54 Å². The molecule has 3 nitrogen and oxygen atoms in total. The first-order valence-electron chi connectivity index (χ1n) is 5.61. The van der Waals surface area contributed by atoms with Gasteiger partial charge in [-0.15, -0.1) is 0 Å². The van der Waals surface area contributed by atoms with Crippen LogP contribution >= 0.6 is 0 Å². The molecule has 1 amide bonds. The van der Waals surface area contributed by atoms with Gasteiger partial charge in [0.1, 0.15) is 0 Å². The van der Waals surface area contributed by atoms with E-state index in [-0.39, 0.29) is 0 Å². The van der Waals surface area contributed by atoms with Crippen molar-refractivity contribution in [3.8, 4) is 0 Å². The van der Waals surface area contributed by atoms with E-state index in [0.717, 1.165) is 25.8 Å². The molecule has 3 heteroatoms. The van der Waals surface area contributed by atoms with E-state index in [2.05, 4.69) is 13.8 Å². The second kappa shape index (κ2) is 5.35. The van der Waals surface area contributed by atoms with Crippen LogP contribution in [-0.4, -0.2) is 29.9 Å². The summed E-state index contributed by atoms with van der Waals surface area (Å²) >= 11 is 0. The zero-order valence-electron chi connectivity index (χ0n) is 9.28. The van der Waals surface area contributed by atoms with Crippen LogP contribution in [0, 0.1) is 5.92 Å². The minimum Gasteiger partial charge on any atom is -0.340 e. The average molecular weight is 198 g/mol. The zero-order chi connectivity index (χ0) is 10.6. The van der Waals surface area contributed by atoms with E-state index in [4.69, 9.17) is 5.73 Å². The molecule has 1 saturated carbocycles. The van der Waals surface area contributed by atoms with Crippen molar-refractivity contribution in [2.24, 2.45) is 11.7 Å². The third-order valence-electron chi connectivity index (χ3n) is 3.29. The Labute approximate surface area is 86.6 Å². The van der Waals surface area contributed by atoms with Gasteiger partial charge in [-0.25, -0.2) is 0 Å². The minimum absolute atomic E-state index is 0.326. The SMILES string of the molecule is CC(C)N(C=O)C1CCC(CN)CC1. The summed E-state index contributed by atoms with van der Waals surface area (Å²) in [5.74, 6) is 0.687. The van der Waals surface area contributed by atoms with E-state index in [1.165, 1.54) is 12.8 Å². The topological polar surface area (TPSA) is 46.3 Å². The van der Waals surface area contributed by atoms with Crippen molar-refractivity contribution < 1.29 is 4.79 Å². The summed E-state index contributed by atoms with van der Waals surface area (Å²) in [6.45, 7) is 4.95. The molecule has 1 fully saturated rings. The van der Waals surface area contributed by atoms with Gasteiger partial charge >= 0.3 is 0 Å². The number of nitrogens with zero attached hydrogens (tertiary/aromatic N) is 1. The van der Waals surface area contributed by atoms with Gasteiger partial charge < -0.3 is 10.6 Å². The highest BCUT2D eigenvalue weighted by molar-refractivity contribution is 5.48. The van der Waals surface area contributed by atoms with E-state index >= 15 is 0 Å². The lowest BCUT2D eigenvalue weighted by Gasteiger charge is -2.36. The molecule has 0 saturated heterocycles. The van der Waals surface area contributed by atoms with E-state index in [1.807, 2.05) is 4.90 Å². The predicted octanol–water partition coefficient (Wildman–Crippen LogP) is 1.37. The Balaban J connectivity index is 2.43. The van der Waals surface area contributed by atoms with Crippen LogP contribution in [-0.2, 0) is 4.79 Å². The minimum atomic E-state index is 0.326. The molecule has 0 aromatic carbocycles. The van der Waals surface area contributed by atoms with Crippen molar-refractivity contribution in [3.05, 3.63) is 0 Å². The molecule has 0 heterocycles. The molecule has 0 aromatic heterocycles. The first kappa shape index (κ1) is 11.5. The summed E-state index contributed by atoms with van der Waals surface area (Å²) in [6, 6.07) is 0.780. The van der Waals surface area contributed by atoms with Crippen LogP contribution in [0.2, 0.25) is 0 Å². The Kier molecular flexibility index (Phi) is 4.39. The molecular formula is C11H22N2O. The number of carbonyl (C=O) groups excluding carboxylic acids is 1. The highest BCUT2D eigenvalue weighted by Crippen LogP contribution is 2.27. The van der Waals surface area contributed by atoms with Crippen molar-refractivity contribution in [1.29, 1.82) is 0 Å². The van der Waals surface area contributed by atoms with Crippen LogP contribution in [0.1, 0.15) is 39.5 Å². The molecule has 0 aliphatic heterocycles. The van der Waals surface area contributed by atoms with E-state index in [0.29, 0.717) is 18.0 Å². The standard InChI is InChI=1S/C11H22N2O/c1-9(2)13(8-14)11-5-3-10(7-12)4-6-11/h8-11H,3-7,12H2,1-2H3. The van der Waals surface area contributed by atoms with E-state index in [1.54, 1.807) is 0 Å². The number of hydrogen-bond donors (Lipinski definition) is 1. The molecule has 1 rings (SSSR count). The quantitative estimate of drug-likeness (QED) is 0.693. The summed E-state index contributed by atoms with van der Waals surface area (Å²) in [5, 5.41) is 0. The molecule has 0 unspecified atom stereocenters. The van der Waals surface area contributed by atoms with Crippen LogP contribution < -0.4 is 5.73 Å². The van der Waals surface area contributed by atoms with Crippen molar-refractivity contribution in [3.63, 3.8) is 0 Å². The van der Waals surface area contributed by atoms with Gasteiger partial charge in [0.2, 0.25) is 6.41 Å². The molecule has 0 spiro atoms. The molecule has 0 radical (unpaired) electrons. The van der Waals surface area contributed by atoms with Gasteiger partial charge in [-0.05, 0) is 52.0 Å². The van der Waals surface area contributed by atoms with Crippen molar-refractivity contribution >= 4 is 6.41 Å². The summed E-state index contributed by atoms with van der Waals surface area (Å²) in [4.78, 5) is 12.8. The van der Waals surface area contributed by atoms with Crippen molar-refractivity contribution in [2.45, 2.75) is 51.6 Å². The smallest absolute Gasteiger partial charge is 0.210 e. The molecular weight excluding hydrogens is 176 g/mol. The van der Waals surface area contributed by atoms with Crippen LogP contribution in [0.4, 0.5) is 0 Å². The lowest BCUT2D eigenvalue weighted by molar-refractivity contribution is -0.122. The fraction of sp³-hybridized carbons (Fsp3) is 0.909. The maximum Gasteiger partial charge on any atom is 0.210 e. The van der Waals surface area contributed by atoms with Crippen LogP contribution in [0.15, 0.2) is 0 Å². The summed E-state index contributed by atoms with van der Waals surface area (Å²) in [5.41, 5.74) is 5.63. The number of carbonyl (C=O) groups is 1. The van der Waals surface area contributed by atoms with Crippen LogP contribution in [0.5, 0.6) is 0 Å². The second-order valence-electron chi connectivity index (χ2n) is 4.56. The third kappa shape index (κ3) is 2.71. The van der Waals surface area contributed by atoms with E-state index in [9.17, 15) is 4.79 Å². The lowest BCUT2D eigenvalue weighted by Crippen LogP contribution is -2.42. The Morgan fingerprint density at radius 3 is 2.29 bits per heavy atom. The number of amides is 1. The molecule has 1 aliphatic carbocycles. The Morgan fingerprint density at radius 1 is 1.36 bits per heavy atom. The highest BCUT2D eigenvalue weighted by Gasteiger charge is 2.25. The van der Waals surface area contributed by atoms with Gasteiger partial charge in [-0.2, -0.15) is 0 Å². The molecule has 14 heavy (non-hydrogen) atoms. The first-order valence-corrected chi connectivity index (χ1v) is 5.61. The zero-order valence-corrected chi connectivity index (χ0v) is 9.28. The fourth-order valence-electron chi connectivity index (χ4n) is 2.31. The molecule has 82 valence electrons. The predicted molar refractivity (Wildman–Crippen MR) is 57.8 cm³/mol. The largest absolute Gasteiger partial charge is 0.340 e. The maximum atomic E-state index is 10.9. The fourth-order valence-corrected chi connectivity index (χ4v) is 2.31. The summed E-state index contributed by atoms with van der Waals surface area (Å²) in [6.07, 6.45) is 5.60. The van der Waals surface area contributed by atoms with Gasteiger partial charge in [-0.3, -0.25) is 4.79 Å². The van der Waals surface area contributed by atoms with Gasteiger partial charge in [0, 0.05) is 12.1 Å². The number of rotatable bonds is 4. The molecule has 0 atom stereocenters. The second-order valence-corrected chi connectivity index (χ2v) is 4.56. The molecule has 0 bridgehead atoms. The van der Waals surface area contributed by atoms with Crippen LogP contribution in [0.25, 0.3) is 0 Å². The van der Waals surface area contributed by atoms with Gasteiger partial charge in [0.05, 0.1) is 0 Å². The van der Waals surface area contributed by atoms with Gasteiger partial charge in [0.15, 0.2) is 0 Å². The number of nitrogens with two attached hydrogens (primary N) is 1.